The Hall–Kier alpha value is -3.38. The van der Waals surface area contributed by atoms with Crippen molar-refractivity contribution in [3.8, 4) is 5.75 Å². The summed E-state index contributed by atoms with van der Waals surface area (Å²) in [6.07, 6.45) is 14.3. The van der Waals surface area contributed by atoms with E-state index in [0.29, 0.717) is 0 Å². The first-order chi connectivity index (χ1) is 21.2. The van der Waals surface area contributed by atoms with Crippen LogP contribution in [-0.2, 0) is 0 Å². The highest BCUT2D eigenvalue weighted by atomic mass is 16.5. The first-order valence-corrected chi connectivity index (χ1v) is 16.7. The van der Waals surface area contributed by atoms with Crippen molar-refractivity contribution in [2.24, 2.45) is 4.99 Å². The number of amides is 1. The number of aryl methyl sites for hydroxylation is 1. The molecule has 0 saturated carbocycles. The van der Waals surface area contributed by atoms with Gasteiger partial charge in [0.05, 0.1) is 23.9 Å². The van der Waals surface area contributed by atoms with Crippen molar-refractivity contribution in [2.75, 3.05) is 50.8 Å². The van der Waals surface area contributed by atoms with Crippen LogP contribution in [0.15, 0.2) is 59.6 Å². The Morgan fingerprint density at radius 2 is 1.53 bits per heavy atom. The summed E-state index contributed by atoms with van der Waals surface area (Å²) in [6, 6.07) is 19.3. The monoisotopic (exact) mass is 580 g/mol. The summed E-state index contributed by atoms with van der Waals surface area (Å²) in [5, 5.41) is 2.16. The molecule has 6 rings (SSSR count). The van der Waals surface area contributed by atoms with E-state index in [-0.39, 0.29) is 11.9 Å². The molecule has 3 aromatic carbocycles. The molecule has 3 heterocycles. The first-order valence-electron chi connectivity index (χ1n) is 16.7. The van der Waals surface area contributed by atoms with Gasteiger partial charge >= 0.3 is 0 Å². The highest BCUT2D eigenvalue weighted by molar-refractivity contribution is 6.06. The van der Waals surface area contributed by atoms with Gasteiger partial charge in [0.1, 0.15) is 5.75 Å². The van der Waals surface area contributed by atoms with E-state index in [9.17, 15) is 4.79 Å². The van der Waals surface area contributed by atoms with Gasteiger partial charge in [-0.2, -0.15) is 0 Å². The number of aliphatic imine (C=N–C) groups is 1. The van der Waals surface area contributed by atoms with Gasteiger partial charge in [0, 0.05) is 44.6 Å². The van der Waals surface area contributed by atoms with Gasteiger partial charge in [-0.05, 0) is 91.9 Å². The van der Waals surface area contributed by atoms with Gasteiger partial charge in [0.2, 0.25) is 0 Å². The van der Waals surface area contributed by atoms with Crippen LogP contribution in [-0.4, -0.2) is 73.8 Å². The largest absolute Gasteiger partial charge is 0.493 e. The SMILES string of the molecule is Cc1cc2cc3c(cc2cc1OCCCCCCCCCCN1CCN(c2ccccc2)CC1)N=C[C@@H]1CCCN1C3=O. The van der Waals surface area contributed by atoms with E-state index in [4.69, 9.17) is 9.73 Å². The molecule has 0 radical (unpaired) electrons. The molecule has 3 aromatic rings. The first kappa shape index (κ1) is 29.7. The summed E-state index contributed by atoms with van der Waals surface area (Å²) in [6.45, 7) is 9.59. The molecule has 0 aromatic heterocycles. The number of piperazine rings is 1. The number of hydrogen-bond donors (Lipinski definition) is 0. The molecule has 1 atom stereocenters. The number of fused-ring (bicyclic) bond motifs is 3. The van der Waals surface area contributed by atoms with Gasteiger partial charge in [0.15, 0.2) is 0 Å². The van der Waals surface area contributed by atoms with Crippen LogP contribution in [0.4, 0.5) is 11.4 Å². The van der Waals surface area contributed by atoms with Crippen LogP contribution in [0.1, 0.15) is 80.1 Å². The van der Waals surface area contributed by atoms with Gasteiger partial charge in [0.25, 0.3) is 5.91 Å². The molecule has 1 amide bonds. The summed E-state index contributed by atoms with van der Waals surface area (Å²) in [4.78, 5) is 25.0. The molecule has 0 aliphatic carbocycles. The Bertz CT molecular complexity index is 1400. The Kier molecular flexibility index (Phi) is 9.94. The fraction of sp³-hybridized carbons (Fsp3) is 0.514. The zero-order valence-electron chi connectivity index (χ0n) is 26.0. The fourth-order valence-electron chi connectivity index (χ4n) is 6.93. The molecule has 6 heteroatoms. The van der Waals surface area contributed by atoms with Gasteiger partial charge in [-0.3, -0.25) is 14.7 Å². The molecule has 2 fully saturated rings. The second-order valence-electron chi connectivity index (χ2n) is 12.7. The maximum Gasteiger partial charge on any atom is 0.256 e. The quantitative estimate of drug-likeness (QED) is 0.194. The van der Waals surface area contributed by atoms with Gasteiger partial charge in [-0.15, -0.1) is 0 Å². The molecule has 6 nitrogen and oxygen atoms in total. The van der Waals surface area contributed by atoms with Crippen molar-refractivity contribution in [1.29, 1.82) is 0 Å². The summed E-state index contributed by atoms with van der Waals surface area (Å²) < 4.78 is 6.22. The highest BCUT2D eigenvalue weighted by Gasteiger charge is 2.31. The van der Waals surface area contributed by atoms with E-state index in [1.54, 1.807) is 0 Å². The summed E-state index contributed by atoms with van der Waals surface area (Å²) in [7, 11) is 0. The number of carbonyl (C=O) groups excluding carboxylic acids is 1. The Labute approximate surface area is 257 Å². The van der Waals surface area contributed by atoms with Crippen molar-refractivity contribution < 1.29 is 9.53 Å². The summed E-state index contributed by atoms with van der Waals surface area (Å²) >= 11 is 0. The molecular formula is C37H48N4O2. The smallest absolute Gasteiger partial charge is 0.256 e. The van der Waals surface area contributed by atoms with E-state index in [1.807, 2.05) is 17.2 Å². The lowest BCUT2D eigenvalue weighted by Gasteiger charge is -2.36. The number of carbonyl (C=O) groups is 1. The molecular weight excluding hydrogens is 532 g/mol. The van der Waals surface area contributed by atoms with E-state index in [2.05, 4.69) is 65.3 Å². The van der Waals surface area contributed by atoms with Crippen LogP contribution in [0.3, 0.4) is 0 Å². The van der Waals surface area contributed by atoms with E-state index < -0.39 is 0 Å². The van der Waals surface area contributed by atoms with Gasteiger partial charge < -0.3 is 14.5 Å². The molecule has 0 unspecified atom stereocenters. The number of nitrogens with zero attached hydrogens (tertiary/aromatic N) is 4. The third-order valence-corrected chi connectivity index (χ3v) is 9.54. The Balaban J connectivity index is 0.847. The normalized spacial score (nSPS) is 18.6. The van der Waals surface area contributed by atoms with E-state index in [1.165, 1.54) is 70.3 Å². The van der Waals surface area contributed by atoms with Crippen LogP contribution in [0.5, 0.6) is 5.75 Å². The van der Waals surface area contributed by atoms with Crippen LogP contribution < -0.4 is 9.64 Å². The van der Waals surface area contributed by atoms with Gasteiger partial charge in [-0.25, -0.2) is 0 Å². The third kappa shape index (κ3) is 7.41. The predicted molar refractivity (Wildman–Crippen MR) is 178 cm³/mol. The van der Waals surface area contributed by atoms with E-state index >= 15 is 0 Å². The molecule has 2 saturated heterocycles. The number of benzene rings is 3. The molecule has 43 heavy (non-hydrogen) atoms. The van der Waals surface area contributed by atoms with Crippen molar-refractivity contribution >= 4 is 34.3 Å². The average Bonchev–Trinajstić information content (AvgIpc) is 3.47. The number of ether oxygens (including phenoxy) is 1. The standard InChI is InChI=1S/C37H48N4O2/c1-29-24-30-25-34-35(38-28-33-16-13-18-41(33)37(34)42)26-31(30)27-36(29)43-23-12-7-5-3-2-4-6-11-17-39-19-21-40(22-20-39)32-14-9-8-10-15-32/h8-10,14-15,24-28,33H,2-7,11-13,16-23H2,1H3/t33-/m0/s1. The number of rotatable bonds is 13. The zero-order valence-corrected chi connectivity index (χ0v) is 26.0. The minimum absolute atomic E-state index is 0.114. The maximum absolute atomic E-state index is 13.2. The minimum atomic E-state index is 0.114. The van der Waals surface area contributed by atoms with Crippen molar-refractivity contribution in [3.05, 3.63) is 65.7 Å². The molecule has 3 aliphatic rings. The van der Waals surface area contributed by atoms with Crippen LogP contribution in [0, 0.1) is 6.92 Å². The molecule has 228 valence electrons. The van der Waals surface area contributed by atoms with Crippen LogP contribution >= 0.6 is 0 Å². The van der Waals surface area contributed by atoms with Crippen molar-refractivity contribution in [3.63, 3.8) is 0 Å². The Morgan fingerprint density at radius 1 is 0.814 bits per heavy atom. The fourth-order valence-corrected chi connectivity index (χ4v) is 6.93. The molecule has 0 N–H and O–H groups in total. The third-order valence-electron chi connectivity index (χ3n) is 9.54. The molecule has 3 aliphatic heterocycles. The second kappa shape index (κ2) is 14.4. The topological polar surface area (TPSA) is 48.4 Å². The lowest BCUT2D eigenvalue weighted by molar-refractivity contribution is 0.0775. The molecule has 0 bridgehead atoms. The van der Waals surface area contributed by atoms with Crippen molar-refractivity contribution in [2.45, 2.75) is 77.2 Å². The number of para-hydroxylation sites is 1. The van der Waals surface area contributed by atoms with Crippen LogP contribution in [0.25, 0.3) is 10.8 Å². The summed E-state index contributed by atoms with van der Waals surface area (Å²) in [5.41, 5.74) is 3.98. The zero-order chi connectivity index (χ0) is 29.4. The molecule has 0 spiro atoms. The predicted octanol–water partition coefficient (Wildman–Crippen LogP) is 7.79. The lowest BCUT2D eigenvalue weighted by atomic mass is 10.0. The number of hydrogen-bond acceptors (Lipinski definition) is 5. The van der Waals surface area contributed by atoms with Gasteiger partial charge in [-0.1, -0.05) is 56.7 Å². The minimum Gasteiger partial charge on any atom is -0.493 e. The average molecular weight is 581 g/mol. The second-order valence-corrected chi connectivity index (χ2v) is 12.7. The summed E-state index contributed by atoms with van der Waals surface area (Å²) in [5.74, 6) is 1.06. The number of anilines is 1. The van der Waals surface area contributed by atoms with Crippen LogP contribution in [0.2, 0.25) is 0 Å². The van der Waals surface area contributed by atoms with Crippen molar-refractivity contribution in [1.82, 2.24) is 9.80 Å². The number of unbranched alkanes of at least 4 members (excludes halogenated alkanes) is 7. The maximum atomic E-state index is 13.2. The highest BCUT2D eigenvalue weighted by Crippen LogP contribution is 2.35. The lowest BCUT2D eigenvalue weighted by Crippen LogP contribution is -2.46. The van der Waals surface area contributed by atoms with E-state index in [0.717, 1.165) is 78.8 Å². The Morgan fingerprint density at radius 3 is 2.33 bits per heavy atom.